The fourth-order valence-electron chi connectivity index (χ4n) is 9.91. The highest BCUT2D eigenvalue weighted by Gasteiger charge is 2.51. The van der Waals surface area contributed by atoms with Gasteiger partial charge < -0.3 is 28.5 Å². The average molecular weight is 825 g/mol. The lowest BCUT2D eigenvalue weighted by Crippen LogP contribution is -2.52. The van der Waals surface area contributed by atoms with Crippen molar-refractivity contribution >= 4 is 22.9 Å². The normalized spacial score (nSPS) is 22.7. The Kier molecular flexibility index (Phi) is 12.3. The van der Waals surface area contributed by atoms with E-state index in [1.54, 1.807) is 33.1 Å². The number of rotatable bonds is 7. The predicted molar refractivity (Wildman–Crippen MR) is 234 cm³/mol. The van der Waals surface area contributed by atoms with E-state index in [1.165, 1.54) is 22.3 Å². The zero-order chi connectivity index (χ0) is 42.8. The third kappa shape index (κ3) is 8.82. The zero-order valence-electron chi connectivity index (χ0n) is 35.8. The van der Waals surface area contributed by atoms with Crippen molar-refractivity contribution in [1.29, 1.82) is 0 Å². The van der Waals surface area contributed by atoms with Gasteiger partial charge in [0.1, 0.15) is 16.9 Å². The van der Waals surface area contributed by atoms with Crippen LogP contribution < -0.4 is 10.4 Å². The summed E-state index contributed by atoms with van der Waals surface area (Å²) >= 11 is 0. The maximum atomic E-state index is 14.8. The second kappa shape index (κ2) is 17.8. The second-order valence-electron chi connectivity index (χ2n) is 17.8. The number of methoxy groups -OCH3 is 1. The van der Waals surface area contributed by atoms with Gasteiger partial charge in [-0.05, 0) is 129 Å². The van der Waals surface area contributed by atoms with E-state index < -0.39 is 42.0 Å². The quantitative estimate of drug-likeness (QED) is 0.0972. The summed E-state index contributed by atoms with van der Waals surface area (Å²) in [6, 6.07) is 31.5. The Morgan fingerprint density at radius 2 is 1.61 bits per heavy atom. The minimum absolute atomic E-state index is 0.0526. The molecular formula is C52H56O9. The van der Waals surface area contributed by atoms with Crippen LogP contribution in [0.3, 0.4) is 0 Å². The topological polar surface area (TPSA) is 122 Å². The molecule has 1 saturated carbocycles. The van der Waals surface area contributed by atoms with Gasteiger partial charge in [-0.15, -0.1) is 0 Å². The van der Waals surface area contributed by atoms with Gasteiger partial charge in [-0.25, -0.2) is 9.59 Å². The Morgan fingerprint density at radius 1 is 0.836 bits per heavy atom. The van der Waals surface area contributed by atoms with Gasteiger partial charge >= 0.3 is 17.6 Å². The number of hydrogen-bond donors (Lipinski definition) is 1. The second-order valence-corrected chi connectivity index (χ2v) is 17.8. The molecule has 9 nitrogen and oxygen atoms in total. The average Bonchev–Trinajstić information content (AvgIpc) is 3.24. The van der Waals surface area contributed by atoms with Gasteiger partial charge in [-0.3, -0.25) is 4.79 Å². The van der Waals surface area contributed by atoms with Crippen LogP contribution in [0.2, 0.25) is 0 Å². The van der Waals surface area contributed by atoms with E-state index in [0.717, 1.165) is 36.8 Å². The number of allylic oxidation sites excluding steroid dienone is 1. The van der Waals surface area contributed by atoms with Crippen molar-refractivity contribution in [2.75, 3.05) is 13.7 Å². The Morgan fingerprint density at radius 3 is 2.34 bits per heavy atom. The van der Waals surface area contributed by atoms with Crippen LogP contribution in [0.5, 0.6) is 5.75 Å². The van der Waals surface area contributed by atoms with Gasteiger partial charge in [0.05, 0.1) is 18.8 Å². The van der Waals surface area contributed by atoms with Gasteiger partial charge in [0.15, 0.2) is 12.2 Å². The molecule has 0 amide bonds. The van der Waals surface area contributed by atoms with Gasteiger partial charge in [0.25, 0.3) is 0 Å². The Labute approximate surface area is 357 Å². The summed E-state index contributed by atoms with van der Waals surface area (Å²) in [5, 5.41) is 11.1. The molecule has 0 saturated heterocycles. The third-order valence-electron chi connectivity index (χ3n) is 13.1. The molecule has 0 radical (unpaired) electrons. The van der Waals surface area contributed by atoms with Crippen LogP contribution in [0.4, 0.5) is 0 Å². The first-order valence-electron chi connectivity index (χ1n) is 21.6. The lowest BCUT2D eigenvalue weighted by Gasteiger charge is -2.43. The van der Waals surface area contributed by atoms with Crippen LogP contribution in [-0.2, 0) is 49.7 Å². The molecule has 9 rings (SSSR count). The number of carbonyl (C=O) groups excluding carboxylic acids is 2. The highest BCUT2D eigenvalue weighted by atomic mass is 16.6. The Bertz CT molecular complexity index is 2490. The molecule has 4 aromatic carbocycles. The van der Waals surface area contributed by atoms with Crippen molar-refractivity contribution in [2.24, 2.45) is 5.92 Å². The van der Waals surface area contributed by atoms with Crippen molar-refractivity contribution < 1.29 is 38.1 Å². The molecule has 2 bridgehead atoms. The molecule has 1 N–H and O–H groups in total. The van der Waals surface area contributed by atoms with Gasteiger partial charge in [0.2, 0.25) is 0 Å². The van der Waals surface area contributed by atoms with Crippen LogP contribution in [0.1, 0.15) is 122 Å². The van der Waals surface area contributed by atoms with Crippen molar-refractivity contribution in [2.45, 2.75) is 115 Å². The number of aliphatic hydroxyl groups excluding tert-OH is 1. The van der Waals surface area contributed by atoms with E-state index in [4.69, 9.17) is 23.4 Å². The standard InChI is InChI=1S/C52H56O9/c1-31(2)39-20-16-32-14-17-35(18-15-32)40-21-19-37(36-13-9-12-34(27-36)26-33-10-7-6-8-11-33)28-38(40)29-45(54)58-48-46-44(61-52(3,4)49(48)60-50(39)55)23-22-41-43(30-53)42(24-25-57-5)51(56)59-47(41)46/h6-15,17-18,22-23,27,37-38,40,48-49,53H,16,19-21,24-26,28-30H2,1-5H3/t37-,38+,40-,48-,49+/m1/s1. The lowest BCUT2D eigenvalue weighted by atomic mass is 9.68. The van der Waals surface area contributed by atoms with Crippen molar-refractivity contribution in [3.8, 4) is 5.75 Å². The lowest BCUT2D eigenvalue weighted by molar-refractivity contribution is -0.188. The Hall–Kier alpha value is -5.51. The van der Waals surface area contributed by atoms with Crippen LogP contribution in [0.25, 0.3) is 11.0 Å². The fourth-order valence-corrected chi connectivity index (χ4v) is 9.91. The van der Waals surface area contributed by atoms with E-state index >= 15 is 0 Å². The smallest absolute Gasteiger partial charge is 0.339 e. The first-order chi connectivity index (χ1) is 29.4. The molecule has 3 aliphatic heterocycles. The summed E-state index contributed by atoms with van der Waals surface area (Å²) < 4.78 is 31.0. The largest absolute Gasteiger partial charge is 0.483 e. The number of fused-ring (bicyclic) bond motifs is 11. The number of benzene rings is 4. The number of esters is 2. The van der Waals surface area contributed by atoms with Crippen LogP contribution in [-0.4, -0.2) is 42.5 Å². The number of aliphatic hydroxyl groups is 1. The molecule has 0 unspecified atom stereocenters. The monoisotopic (exact) mass is 824 g/mol. The molecule has 4 heterocycles. The van der Waals surface area contributed by atoms with E-state index in [1.807, 2.05) is 19.9 Å². The molecule has 1 aromatic heterocycles. The maximum Gasteiger partial charge on any atom is 0.339 e. The maximum absolute atomic E-state index is 14.8. The van der Waals surface area contributed by atoms with Crippen molar-refractivity contribution in [1.82, 2.24) is 0 Å². The number of hydrogen-bond acceptors (Lipinski definition) is 9. The molecule has 318 valence electrons. The molecule has 61 heavy (non-hydrogen) atoms. The first kappa shape index (κ1) is 42.2. The number of ether oxygens (including phenoxy) is 4. The van der Waals surface area contributed by atoms with Crippen LogP contribution in [0.15, 0.2) is 111 Å². The summed E-state index contributed by atoms with van der Waals surface area (Å²) in [7, 11) is 1.54. The van der Waals surface area contributed by atoms with E-state index in [9.17, 15) is 19.5 Å². The fraction of sp³-hybridized carbons (Fsp3) is 0.404. The minimum Gasteiger partial charge on any atom is -0.483 e. The summed E-state index contributed by atoms with van der Waals surface area (Å²) in [4.78, 5) is 42.7. The van der Waals surface area contributed by atoms with Crippen LogP contribution in [0, 0.1) is 5.92 Å². The zero-order valence-corrected chi connectivity index (χ0v) is 35.8. The SMILES string of the molecule is COCCc1c(CO)c2ccc3c(c2oc1=O)[C@H]1OC(=O)C[C@@H]2C[C@H](c4cccc(Cc5ccccc5)c4)CC[C@@H]2c2ccc(cc2)CCC(=C(C)C)C(=O)O[C@@H]1C(C)(C)O3. The predicted octanol–water partition coefficient (Wildman–Crippen LogP) is 9.77. The molecule has 4 aliphatic rings. The molecule has 5 aromatic rings. The van der Waals surface area contributed by atoms with Crippen LogP contribution >= 0.6 is 0 Å². The van der Waals surface area contributed by atoms with Gasteiger partial charge in [0, 0.05) is 36.5 Å². The molecule has 1 fully saturated rings. The van der Waals surface area contributed by atoms with E-state index in [-0.39, 0.29) is 48.3 Å². The molecule has 5 atom stereocenters. The molecule has 9 heteroatoms. The highest BCUT2D eigenvalue weighted by Crippen LogP contribution is 2.50. The minimum atomic E-state index is -1.20. The molecule has 1 aliphatic carbocycles. The number of aryl methyl sites for hydroxylation is 1. The summed E-state index contributed by atoms with van der Waals surface area (Å²) in [5.41, 5.74) is 6.74. The van der Waals surface area contributed by atoms with E-state index in [0.29, 0.717) is 40.7 Å². The Balaban J connectivity index is 1.21. The third-order valence-corrected chi connectivity index (χ3v) is 13.1. The van der Waals surface area contributed by atoms with Crippen molar-refractivity contribution in [3.63, 3.8) is 0 Å². The first-order valence-corrected chi connectivity index (χ1v) is 21.6. The summed E-state index contributed by atoms with van der Waals surface area (Å²) in [6.07, 6.45) is 2.66. The molecular weight excluding hydrogens is 769 g/mol. The van der Waals surface area contributed by atoms with Crippen molar-refractivity contribution in [3.05, 3.63) is 157 Å². The van der Waals surface area contributed by atoms with Gasteiger partial charge in [-0.2, -0.15) is 0 Å². The molecule has 0 spiro atoms. The van der Waals surface area contributed by atoms with Gasteiger partial charge in [-0.1, -0.05) is 84.4 Å². The number of carbonyl (C=O) groups is 2. The van der Waals surface area contributed by atoms with E-state index in [2.05, 4.69) is 72.8 Å². The summed E-state index contributed by atoms with van der Waals surface area (Å²) in [5.74, 6) is -0.331. The highest BCUT2D eigenvalue weighted by molar-refractivity contribution is 5.90. The summed E-state index contributed by atoms with van der Waals surface area (Å²) in [6.45, 7) is 7.21.